The molecule has 1 aromatic rings. The molecule has 0 aliphatic heterocycles. The average Bonchev–Trinajstić information content (AvgIpc) is 2.29. The number of anilines is 1. The van der Waals surface area contributed by atoms with Gasteiger partial charge in [0, 0.05) is 5.56 Å². The first-order chi connectivity index (χ1) is 7.69. The molecule has 4 heteroatoms. The van der Waals surface area contributed by atoms with Gasteiger partial charge in [0.2, 0.25) is 0 Å². The maximum absolute atomic E-state index is 11.5. The molecular formula is C12H13NO3. The van der Waals surface area contributed by atoms with E-state index < -0.39 is 6.09 Å². The van der Waals surface area contributed by atoms with Crippen LogP contribution in [0, 0.1) is 0 Å². The minimum atomic E-state index is -0.577. The van der Waals surface area contributed by atoms with E-state index in [4.69, 9.17) is 4.74 Å². The third kappa shape index (κ3) is 2.95. The van der Waals surface area contributed by atoms with E-state index in [9.17, 15) is 9.59 Å². The quantitative estimate of drug-likeness (QED) is 0.625. The van der Waals surface area contributed by atoms with Crippen molar-refractivity contribution in [2.75, 3.05) is 11.9 Å². The number of carbonyl (C=O) groups is 2. The van der Waals surface area contributed by atoms with Crippen molar-refractivity contribution >= 4 is 17.6 Å². The van der Waals surface area contributed by atoms with Gasteiger partial charge in [0.05, 0.1) is 12.3 Å². The van der Waals surface area contributed by atoms with Crippen LogP contribution in [0.4, 0.5) is 10.5 Å². The highest BCUT2D eigenvalue weighted by atomic mass is 16.5. The van der Waals surface area contributed by atoms with E-state index in [0.29, 0.717) is 11.3 Å². The zero-order chi connectivity index (χ0) is 12.0. The normalized spacial score (nSPS) is 9.31. The molecule has 0 bridgehead atoms. The maximum atomic E-state index is 11.5. The summed E-state index contributed by atoms with van der Waals surface area (Å²) in [5.41, 5.74) is 0.816. The minimum Gasteiger partial charge on any atom is -0.450 e. The second-order valence-corrected chi connectivity index (χ2v) is 2.96. The number of amides is 1. The molecule has 16 heavy (non-hydrogen) atoms. The first kappa shape index (κ1) is 12.0. The summed E-state index contributed by atoms with van der Waals surface area (Å²) in [7, 11) is 0. The third-order valence-corrected chi connectivity index (χ3v) is 1.89. The summed E-state index contributed by atoms with van der Waals surface area (Å²) in [5, 5.41) is 2.50. The lowest BCUT2D eigenvalue weighted by atomic mass is 10.1. The Hall–Kier alpha value is -2.10. The van der Waals surface area contributed by atoms with Crippen LogP contribution in [0.3, 0.4) is 0 Å². The number of rotatable bonds is 4. The van der Waals surface area contributed by atoms with Crippen molar-refractivity contribution in [2.45, 2.75) is 6.92 Å². The van der Waals surface area contributed by atoms with Gasteiger partial charge in [0.15, 0.2) is 5.78 Å². The predicted octanol–water partition coefficient (Wildman–Crippen LogP) is 2.62. The lowest BCUT2D eigenvalue weighted by Gasteiger charge is -2.08. The summed E-state index contributed by atoms with van der Waals surface area (Å²) < 4.78 is 4.73. The molecule has 1 amide bonds. The molecule has 0 fully saturated rings. The van der Waals surface area contributed by atoms with Gasteiger partial charge in [0.25, 0.3) is 0 Å². The standard InChI is InChI=1S/C12H13NO3/c1-3-11(14)9-7-5-6-8-10(9)13-12(15)16-4-2/h3,5-8H,1,4H2,2H3,(H,13,15). The molecule has 0 atom stereocenters. The molecule has 1 aromatic carbocycles. The van der Waals surface area contributed by atoms with Crippen molar-refractivity contribution in [3.05, 3.63) is 42.5 Å². The van der Waals surface area contributed by atoms with Gasteiger partial charge in [-0.25, -0.2) is 4.79 Å². The molecule has 84 valence electrons. The van der Waals surface area contributed by atoms with Crippen LogP contribution < -0.4 is 5.32 Å². The average molecular weight is 219 g/mol. The third-order valence-electron chi connectivity index (χ3n) is 1.89. The molecule has 1 rings (SSSR count). The fourth-order valence-corrected chi connectivity index (χ4v) is 1.19. The molecule has 0 radical (unpaired) electrons. The smallest absolute Gasteiger partial charge is 0.411 e. The first-order valence-corrected chi connectivity index (χ1v) is 4.88. The molecule has 0 aliphatic rings. The topological polar surface area (TPSA) is 55.4 Å². The molecule has 0 saturated heterocycles. The fourth-order valence-electron chi connectivity index (χ4n) is 1.19. The highest BCUT2D eigenvalue weighted by Crippen LogP contribution is 2.16. The summed E-state index contributed by atoms with van der Waals surface area (Å²) in [5.74, 6) is -0.243. The van der Waals surface area contributed by atoms with Crippen LogP contribution in [0.5, 0.6) is 0 Å². The Kier molecular flexibility index (Phi) is 4.27. The summed E-state index contributed by atoms with van der Waals surface area (Å²) >= 11 is 0. The first-order valence-electron chi connectivity index (χ1n) is 4.88. The minimum absolute atomic E-state index is 0.243. The van der Waals surface area contributed by atoms with Crippen LogP contribution in [0.1, 0.15) is 17.3 Å². The predicted molar refractivity (Wildman–Crippen MR) is 61.6 cm³/mol. The SMILES string of the molecule is C=CC(=O)c1ccccc1NC(=O)OCC. The number of ether oxygens (including phenoxy) is 1. The zero-order valence-electron chi connectivity index (χ0n) is 9.03. The lowest BCUT2D eigenvalue weighted by Crippen LogP contribution is -2.15. The van der Waals surface area contributed by atoms with E-state index in [2.05, 4.69) is 11.9 Å². The van der Waals surface area contributed by atoms with Gasteiger partial charge < -0.3 is 4.74 Å². The number of allylic oxidation sites excluding steroid dienone is 1. The van der Waals surface area contributed by atoms with E-state index in [1.165, 1.54) is 6.08 Å². The zero-order valence-corrected chi connectivity index (χ0v) is 9.03. The van der Waals surface area contributed by atoms with Crippen LogP contribution in [-0.4, -0.2) is 18.5 Å². The van der Waals surface area contributed by atoms with Gasteiger partial charge in [-0.2, -0.15) is 0 Å². The molecule has 0 spiro atoms. The second kappa shape index (κ2) is 5.70. The van der Waals surface area contributed by atoms with Crippen molar-refractivity contribution in [3.63, 3.8) is 0 Å². The number of para-hydroxylation sites is 1. The molecule has 0 heterocycles. The molecule has 1 N–H and O–H groups in total. The Morgan fingerprint density at radius 3 is 2.75 bits per heavy atom. The Balaban J connectivity index is 2.91. The van der Waals surface area contributed by atoms with E-state index in [1.807, 2.05) is 0 Å². The highest BCUT2D eigenvalue weighted by molar-refractivity contribution is 6.09. The van der Waals surface area contributed by atoms with Crippen molar-refractivity contribution in [3.8, 4) is 0 Å². The Morgan fingerprint density at radius 2 is 2.12 bits per heavy atom. The van der Waals surface area contributed by atoms with Gasteiger partial charge in [-0.15, -0.1) is 0 Å². The lowest BCUT2D eigenvalue weighted by molar-refractivity contribution is 0.104. The number of benzene rings is 1. The maximum Gasteiger partial charge on any atom is 0.411 e. The van der Waals surface area contributed by atoms with Crippen molar-refractivity contribution < 1.29 is 14.3 Å². The van der Waals surface area contributed by atoms with Crippen LogP contribution in [0.15, 0.2) is 36.9 Å². The fraction of sp³-hybridized carbons (Fsp3) is 0.167. The van der Waals surface area contributed by atoms with Crippen LogP contribution in [0.25, 0.3) is 0 Å². The van der Waals surface area contributed by atoms with Gasteiger partial charge in [-0.1, -0.05) is 18.7 Å². The number of ketones is 1. The number of hydrogen-bond donors (Lipinski definition) is 1. The Bertz CT molecular complexity index is 412. The molecule has 4 nitrogen and oxygen atoms in total. The van der Waals surface area contributed by atoms with Gasteiger partial charge in [-0.3, -0.25) is 10.1 Å². The molecular weight excluding hydrogens is 206 g/mol. The summed E-state index contributed by atoms with van der Waals surface area (Å²) in [6.45, 7) is 5.39. The van der Waals surface area contributed by atoms with Gasteiger partial charge in [-0.05, 0) is 25.1 Å². The summed E-state index contributed by atoms with van der Waals surface area (Å²) in [6.07, 6.45) is 0.623. The summed E-state index contributed by atoms with van der Waals surface area (Å²) in [6, 6.07) is 6.69. The van der Waals surface area contributed by atoms with E-state index >= 15 is 0 Å². The van der Waals surface area contributed by atoms with Gasteiger partial charge in [0.1, 0.15) is 0 Å². The number of hydrogen-bond acceptors (Lipinski definition) is 3. The second-order valence-electron chi connectivity index (χ2n) is 2.96. The van der Waals surface area contributed by atoms with Crippen molar-refractivity contribution in [1.82, 2.24) is 0 Å². The molecule has 0 aliphatic carbocycles. The van der Waals surface area contributed by atoms with Crippen LogP contribution in [-0.2, 0) is 4.74 Å². The van der Waals surface area contributed by atoms with Crippen molar-refractivity contribution in [2.24, 2.45) is 0 Å². The summed E-state index contributed by atoms with van der Waals surface area (Å²) in [4.78, 5) is 22.7. The van der Waals surface area contributed by atoms with E-state index in [0.717, 1.165) is 0 Å². The number of carbonyl (C=O) groups excluding carboxylic acids is 2. The van der Waals surface area contributed by atoms with E-state index in [1.54, 1.807) is 31.2 Å². The van der Waals surface area contributed by atoms with Gasteiger partial charge >= 0.3 is 6.09 Å². The Labute approximate surface area is 93.9 Å². The number of nitrogens with one attached hydrogen (secondary N) is 1. The van der Waals surface area contributed by atoms with Crippen LogP contribution >= 0.6 is 0 Å². The Morgan fingerprint density at radius 1 is 1.44 bits per heavy atom. The van der Waals surface area contributed by atoms with Crippen LogP contribution in [0.2, 0.25) is 0 Å². The molecule has 0 unspecified atom stereocenters. The molecule has 0 aromatic heterocycles. The largest absolute Gasteiger partial charge is 0.450 e. The van der Waals surface area contributed by atoms with E-state index in [-0.39, 0.29) is 12.4 Å². The highest BCUT2D eigenvalue weighted by Gasteiger charge is 2.10. The molecule has 0 saturated carbocycles. The van der Waals surface area contributed by atoms with Crippen molar-refractivity contribution in [1.29, 1.82) is 0 Å². The monoisotopic (exact) mass is 219 g/mol.